The number of likely N-dealkylation sites (tertiary alicyclic amines) is 1. The van der Waals surface area contributed by atoms with Crippen molar-refractivity contribution >= 4 is 11.3 Å². The highest BCUT2D eigenvalue weighted by Gasteiger charge is 2.24. The van der Waals surface area contributed by atoms with Gasteiger partial charge in [0.2, 0.25) is 0 Å². The van der Waals surface area contributed by atoms with Crippen molar-refractivity contribution in [1.82, 2.24) is 9.88 Å². The Kier molecular flexibility index (Phi) is 3.38. The SMILES string of the molecule is CC(CN)c1csc(C2CCN(C)C2)n1. The fourth-order valence-electron chi connectivity index (χ4n) is 1.97. The molecule has 15 heavy (non-hydrogen) atoms. The first-order valence-electron chi connectivity index (χ1n) is 5.54. The lowest BCUT2D eigenvalue weighted by Crippen LogP contribution is -2.13. The van der Waals surface area contributed by atoms with Crippen molar-refractivity contribution in [3.63, 3.8) is 0 Å². The maximum absolute atomic E-state index is 5.65. The number of nitrogens with two attached hydrogens (primary N) is 1. The molecule has 1 aromatic heterocycles. The van der Waals surface area contributed by atoms with Crippen LogP contribution in [-0.2, 0) is 0 Å². The van der Waals surface area contributed by atoms with Gasteiger partial charge in [0, 0.05) is 30.3 Å². The monoisotopic (exact) mass is 225 g/mol. The summed E-state index contributed by atoms with van der Waals surface area (Å²) in [7, 11) is 2.18. The molecule has 1 saturated heterocycles. The van der Waals surface area contributed by atoms with E-state index in [1.54, 1.807) is 11.3 Å². The molecule has 2 unspecified atom stereocenters. The molecule has 2 N–H and O–H groups in total. The number of likely N-dealkylation sites (N-methyl/N-ethyl adjacent to an activating group) is 1. The molecule has 1 aromatic rings. The van der Waals surface area contributed by atoms with Crippen LogP contribution in [0.4, 0.5) is 0 Å². The smallest absolute Gasteiger partial charge is 0.0972 e. The largest absolute Gasteiger partial charge is 0.330 e. The average Bonchev–Trinajstić information content (AvgIpc) is 2.84. The van der Waals surface area contributed by atoms with Crippen LogP contribution in [0.3, 0.4) is 0 Å². The van der Waals surface area contributed by atoms with Gasteiger partial charge in [-0.3, -0.25) is 0 Å². The molecule has 0 radical (unpaired) electrons. The Morgan fingerprint density at radius 2 is 2.53 bits per heavy atom. The second kappa shape index (κ2) is 4.60. The van der Waals surface area contributed by atoms with E-state index in [0.29, 0.717) is 18.4 Å². The minimum Gasteiger partial charge on any atom is -0.330 e. The van der Waals surface area contributed by atoms with Crippen LogP contribution in [0.25, 0.3) is 0 Å². The van der Waals surface area contributed by atoms with E-state index in [9.17, 15) is 0 Å². The number of aromatic nitrogens is 1. The molecule has 2 rings (SSSR count). The summed E-state index contributed by atoms with van der Waals surface area (Å²) >= 11 is 1.80. The Morgan fingerprint density at radius 1 is 1.73 bits per heavy atom. The predicted octanol–water partition coefficient (Wildman–Crippen LogP) is 1.62. The van der Waals surface area contributed by atoms with Crippen LogP contribution in [0.1, 0.15) is 35.9 Å². The lowest BCUT2D eigenvalue weighted by molar-refractivity contribution is 0.411. The van der Waals surface area contributed by atoms with Crippen molar-refractivity contribution in [3.8, 4) is 0 Å². The van der Waals surface area contributed by atoms with Gasteiger partial charge in [0.05, 0.1) is 10.7 Å². The summed E-state index contributed by atoms with van der Waals surface area (Å²) in [5.41, 5.74) is 6.82. The Hall–Kier alpha value is -0.450. The molecule has 1 fully saturated rings. The molecule has 2 heterocycles. The quantitative estimate of drug-likeness (QED) is 0.850. The number of rotatable bonds is 3. The van der Waals surface area contributed by atoms with E-state index < -0.39 is 0 Å². The van der Waals surface area contributed by atoms with Crippen molar-refractivity contribution in [3.05, 3.63) is 16.1 Å². The van der Waals surface area contributed by atoms with Gasteiger partial charge in [0.1, 0.15) is 0 Å². The van der Waals surface area contributed by atoms with Crippen LogP contribution in [-0.4, -0.2) is 36.6 Å². The lowest BCUT2D eigenvalue weighted by atomic mass is 10.1. The first kappa shape index (κ1) is 11.0. The molecule has 0 spiro atoms. The van der Waals surface area contributed by atoms with Gasteiger partial charge in [-0.25, -0.2) is 4.98 Å². The van der Waals surface area contributed by atoms with E-state index >= 15 is 0 Å². The normalized spacial score (nSPS) is 24.6. The summed E-state index contributed by atoms with van der Waals surface area (Å²) in [6.07, 6.45) is 1.25. The third kappa shape index (κ3) is 2.38. The van der Waals surface area contributed by atoms with Crippen molar-refractivity contribution in [2.75, 3.05) is 26.7 Å². The van der Waals surface area contributed by atoms with Crippen LogP contribution >= 0.6 is 11.3 Å². The van der Waals surface area contributed by atoms with Crippen LogP contribution in [0.15, 0.2) is 5.38 Å². The van der Waals surface area contributed by atoms with Crippen molar-refractivity contribution in [2.45, 2.75) is 25.2 Å². The van der Waals surface area contributed by atoms with Crippen molar-refractivity contribution < 1.29 is 0 Å². The zero-order valence-electron chi connectivity index (χ0n) is 9.44. The van der Waals surface area contributed by atoms with Gasteiger partial charge in [0.15, 0.2) is 0 Å². The number of hydrogen-bond acceptors (Lipinski definition) is 4. The highest BCUT2D eigenvalue weighted by molar-refractivity contribution is 7.09. The maximum Gasteiger partial charge on any atom is 0.0972 e. The number of hydrogen-bond donors (Lipinski definition) is 1. The Morgan fingerprint density at radius 3 is 3.13 bits per heavy atom. The fourth-order valence-corrected chi connectivity index (χ4v) is 3.04. The Labute approximate surface area is 95.3 Å². The second-order valence-electron chi connectivity index (χ2n) is 4.50. The van der Waals surface area contributed by atoms with Gasteiger partial charge >= 0.3 is 0 Å². The van der Waals surface area contributed by atoms with Gasteiger partial charge in [-0.05, 0) is 20.0 Å². The van der Waals surface area contributed by atoms with E-state index in [-0.39, 0.29) is 0 Å². The third-order valence-corrected chi connectivity index (χ3v) is 4.16. The van der Waals surface area contributed by atoms with E-state index in [1.165, 1.54) is 23.7 Å². The maximum atomic E-state index is 5.65. The molecule has 1 aliphatic heterocycles. The standard InChI is InChI=1S/C11H19N3S/c1-8(5-12)10-7-15-11(13-10)9-3-4-14(2)6-9/h7-9H,3-6,12H2,1-2H3. The molecule has 0 aliphatic carbocycles. The number of thiazole rings is 1. The molecule has 0 saturated carbocycles. The molecule has 0 bridgehead atoms. The molecular formula is C11H19N3S. The molecular weight excluding hydrogens is 206 g/mol. The molecule has 4 heteroatoms. The van der Waals surface area contributed by atoms with Gasteiger partial charge < -0.3 is 10.6 Å². The lowest BCUT2D eigenvalue weighted by Gasteiger charge is -2.07. The van der Waals surface area contributed by atoms with Gasteiger partial charge in [-0.15, -0.1) is 11.3 Å². The van der Waals surface area contributed by atoms with Crippen LogP contribution in [0.2, 0.25) is 0 Å². The molecule has 0 aromatic carbocycles. The minimum atomic E-state index is 0.397. The Balaban J connectivity index is 2.07. The summed E-state index contributed by atoms with van der Waals surface area (Å²) in [4.78, 5) is 7.08. The Bertz CT molecular complexity index is 323. The minimum absolute atomic E-state index is 0.397. The fraction of sp³-hybridized carbons (Fsp3) is 0.727. The first-order chi connectivity index (χ1) is 7.20. The number of nitrogens with zero attached hydrogens (tertiary/aromatic N) is 2. The predicted molar refractivity (Wildman–Crippen MR) is 64.4 cm³/mol. The van der Waals surface area contributed by atoms with E-state index in [4.69, 9.17) is 10.7 Å². The van der Waals surface area contributed by atoms with E-state index in [1.807, 2.05) is 0 Å². The van der Waals surface area contributed by atoms with Crippen molar-refractivity contribution in [1.29, 1.82) is 0 Å². The van der Waals surface area contributed by atoms with Crippen LogP contribution in [0.5, 0.6) is 0 Å². The zero-order valence-corrected chi connectivity index (χ0v) is 10.3. The van der Waals surface area contributed by atoms with Gasteiger partial charge in [-0.2, -0.15) is 0 Å². The van der Waals surface area contributed by atoms with Crippen molar-refractivity contribution in [2.24, 2.45) is 5.73 Å². The summed E-state index contributed by atoms with van der Waals surface area (Å²) in [6.45, 7) is 5.18. The summed E-state index contributed by atoms with van der Waals surface area (Å²) < 4.78 is 0. The molecule has 1 aliphatic rings. The summed E-state index contributed by atoms with van der Waals surface area (Å²) in [5.74, 6) is 1.05. The average molecular weight is 225 g/mol. The highest BCUT2D eigenvalue weighted by atomic mass is 32.1. The van der Waals surface area contributed by atoms with Crippen LogP contribution in [0, 0.1) is 0 Å². The summed E-state index contributed by atoms with van der Waals surface area (Å²) in [5, 5.41) is 3.47. The molecule has 84 valence electrons. The van der Waals surface area contributed by atoms with E-state index in [0.717, 1.165) is 6.54 Å². The van der Waals surface area contributed by atoms with Crippen LogP contribution < -0.4 is 5.73 Å². The third-order valence-electron chi connectivity index (χ3n) is 3.14. The molecule has 2 atom stereocenters. The second-order valence-corrected chi connectivity index (χ2v) is 5.38. The van der Waals surface area contributed by atoms with Gasteiger partial charge in [0.25, 0.3) is 0 Å². The molecule has 0 amide bonds. The summed E-state index contributed by atoms with van der Waals surface area (Å²) in [6, 6.07) is 0. The van der Waals surface area contributed by atoms with E-state index in [2.05, 4.69) is 24.3 Å². The van der Waals surface area contributed by atoms with Gasteiger partial charge in [-0.1, -0.05) is 6.92 Å². The first-order valence-corrected chi connectivity index (χ1v) is 6.42. The zero-order chi connectivity index (χ0) is 10.8. The topological polar surface area (TPSA) is 42.1 Å². The molecule has 3 nitrogen and oxygen atoms in total. The highest BCUT2D eigenvalue weighted by Crippen LogP contribution is 2.30.